The van der Waals surface area contributed by atoms with E-state index in [1.165, 1.54) is 17.7 Å². The van der Waals surface area contributed by atoms with Crippen LogP contribution >= 0.6 is 18.0 Å². The molecule has 1 aliphatic heterocycles. The molecule has 0 spiro atoms. The van der Waals surface area contributed by atoms with Gasteiger partial charge < -0.3 is 28.8 Å². The molecule has 1 saturated heterocycles. The first-order valence-corrected chi connectivity index (χ1v) is 21.1. The largest absolute Gasteiger partial charge is 0.497 e. The highest BCUT2D eigenvalue weighted by Crippen LogP contribution is 2.57. The highest BCUT2D eigenvalue weighted by atomic mass is 32.7. The Morgan fingerprint density at radius 1 is 0.870 bits per heavy atom. The van der Waals surface area contributed by atoms with Crippen molar-refractivity contribution in [2.45, 2.75) is 30.5 Å². The summed E-state index contributed by atoms with van der Waals surface area (Å²) < 4.78 is 46.5. The molecule has 1 aliphatic rings. The van der Waals surface area contributed by atoms with E-state index in [2.05, 4.69) is 20.3 Å². The Morgan fingerprint density at radius 2 is 1.46 bits per heavy atom. The zero-order valence-electron chi connectivity index (χ0n) is 30.2. The van der Waals surface area contributed by atoms with Crippen molar-refractivity contribution < 1.29 is 32.8 Å². The lowest BCUT2D eigenvalue weighted by Crippen LogP contribution is -2.38. The van der Waals surface area contributed by atoms with Crippen molar-refractivity contribution in [1.82, 2.24) is 19.5 Å². The lowest BCUT2D eigenvalue weighted by molar-refractivity contribution is -0.0897. The first kappa shape index (κ1) is 37.3. The van der Waals surface area contributed by atoms with Crippen LogP contribution in [0.3, 0.4) is 0 Å². The molecule has 4 atom stereocenters. The highest BCUT2D eigenvalue weighted by Gasteiger charge is 2.44. The lowest BCUT2D eigenvalue weighted by atomic mass is 9.80. The molecule has 54 heavy (non-hydrogen) atoms. The molecule has 4 aromatic carbocycles. The molecule has 1 N–H and O–H groups in total. The minimum atomic E-state index is -3.07. The van der Waals surface area contributed by atoms with Gasteiger partial charge in [0.1, 0.15) is 35.8 Å². The quantitative estimate of drug-likeness (QED) is 0.0855. The van der Waals surface area contributed by atoms with Gasteiger partial charge in [0.05, 0.1) is 33.3 Å². The third-order valence-corrected chi connectivity index (χ3v) is 13.0. The standard InChI is InChI=1S/C40H40N5O7PS/c1-48-31-19-15-29(16-20-31)40(28-13-9-6-10-14-28,30-17-21-32(49-2)22-18-30)50-24-34-33(52-53(3,47)54-4)23-35(51-34)45-26-43-36-37(41-25-42-38(36)45)44-39(46)27-11-7-5-8-12-27/h5-22,25-26,33-35H,23-24H2,1-4H3,(H,41,42,44,46)/t33-,34+,35+,53?/m0/s1. The Labute approximate surface area is 317 Å². The summed E-state index contributed by atoms with van der Waals surface area (Å²) in [7, 11) is 3.26. The molecule has 2 aromatic heterocycles. The summed E-state index contributed by atoms with van der Waals surface area (Å²) in [6.07, 6.45) is 3.18. The Morgan fingerprint density at radius 3 is 2.06 bits per heavy atom. The van der Waals surface area contributed by atoms with Crippen LogP contribution in [0.2, 0.25) is 0 Å². The number of rotatable bonds is 14. The maximum absolute atomic E-state index is 13.5. The zero-order valence-corrected chi connectivity index (χ0v) is 31.9. The molecular formula is C40H40N5O7PS. The summed E-state index contributed by atoms with van der Waals surface area (Å²) in [5, 5.41) is 2.85. The zero-order chi connectivity index (χ0) is 37.7. The van der Waals surface area contributed by atoms with Crippen LogP contribution in [0, 0.1) is 0 Å². The van der Waals surface area contributed by atoms with E-state index in [1.54, 1.807) is 62.3 Å². The third kappa shape index (κ3) is 7.64. The monoisotopic (exact) mass is 765 g/mol. The van der Waals surface area contributed by atoms with E-state index in [0.717, 1.165) is 16.7 Å². The van der Waals surface area contributed by atoms with Crippen LogP contribution in [-0.4, -0.2) is 71.4 Å². The molecule has 7 rings (SSSR count). The number of imidazole rings is 1. The second kappa shape index (κ2) is 16.1. The van der Waals surface area contributed by atoms with Gasteiger partial charge in [0, 0.05) is 18.6 Å². The second-order valence-corrected chi connectivity index (χ2v) is 17.8. The molecule has 278 valence electrons. The van der Waals surface area contributed by atoms with Crippen LogP contribution in [0.5, 0.6) is 11.5 Å². The number of anilines is 1. The van der Waals surface area contributed by atoms with Crippen LogP contribution in [-0.2, 0) is 24.2 Å². The van der Waals surface area contributed by atoms with E-state index in [0.29, 0.717) is 34.6 Å². The summed E-state index contributed by atoms with van der Waals surface area (Å²) in [6.45, 7) is -1.40. The molecule has 0 radical (unpaired) electrons. The number of hydrogen-bond acceptors (Lipinski definition) is 11. The van der Waals surface area contributed by atoms with Crippen molar-refractivity contribution in [2.75, 3.05) is 39.1 Å². The predicted molar refractivity (Wildman–Crippen MR) is 208 cm³/mol. The summed E-state index contributed by atoms with van der Waals surface area (Å²) in [5.74, 6) is 1.37. The fraction of sp³-hybridized carbons (Fsp3) is 0.250. The van der Waals surface area contributed by atoms with E-state index in [1.807, 2.05) is 84.9 Å². The highest BCUT2D eigenvalue weighted by molar-refractivity contribution is 8.56. The minimum Gasteiger partial charge on any atom is -0.497 e. The maximum Gasteiger partial charge on any atom is 0.256 e. The molecule has 12 nitrogen and oxygen atoms in total. The van der Waals surface area contributed by atoms with E-state index < -0.39 is 30.6 Å². The van der Waals surface area contributed by atoms with Gasteiger partial charge in [-0.15, -0.1) is 0 Å². The SMILES string of the molecule is COc1ccc(C(OC[C@H]2O[C@@H](n3cnc4c(NC(=O)c5ccccc5)ncnc43)C[C@@H]2OP(C)(=O)SC)(c2ccccc2)c2ccc(OC)cc2)cc1. The van der Waals surface area contributed by atoms with Crippen molar-refractivity contribution >= 4 is 40.8 Å². The molecule has 0 aliphatic carbocycles. The average molecular weight is 766 g/mol. The number of amides is 1. The van der Waals surface area contributed by atoms with Crippen molar-refractivity contribution in [3.8, 4) is 11.5 Å². The Hall–Kier alpha value is -5.04. The van der Waals surface area contributed by atoms with Crippen LogP contribution in [0.15, 0.2) is 122 Å². The van der Waals surface area contributed by atoms with Gasteiger partial charge >= 0.3 is 0 Å². The number of nitrogens with zero attached hydrogens (tertiary/aromatic N) is 4. The number of fused-ring (bicyclic) bond motifs is 1. The van der Waals surface area contributed by atoms with Gasteiger partial charge in [-0.2, -0.15) is 0 Å². The summed E-state index contributed by atoms with van der Waals surface area (Å²) in [4.78, 5) is 26.4. The maximum atomic E-state index is 13.5. The second-order valence-electron chi connectivity index (χ2n) is 12.6. The first-order valence-electron chi connectivity index (χ1n) is 17.2. The number of carbonyl (C=O) groups excluding carboxylic acids is 1. The Bertz CT molecular complexity index is 2190. The number of aromatic nitrogens is 4. The molecule has 1 fully saturated rings. The molecule has 6 aromatic rings. The molecule has 1 amide bonds. The molecule has 1 unspecified atom stereocenters. The van der Waals surface area contributed by atoms with Gasteiger partial charge in [-0.05, 0) is 59.3 Å². The fourth-order valence-corrected chi connectivity index (χ4v) is 8.02. The molecular weight excluding hydrogens is 726 g/mol. The number of methoxy groups -OCH3 is 2. The smallest absolute Gasteiger partial charge is 0.256 e. The molecule has 0 saturated carbocycles. The number of benzene rings is 4. The lowest BCUT2D eigenvalue weighted by Gasteiger charge is -2.37. The fourth-order valence-electron chi connectivity index (χ4n) is 6.63. The van der Waals surface area contributed by atoms with Crippen LogP contribution in [0.25, 0.3) is 11.2 Å². The van der Waals surface area contributed by atoms with Gasteiger partial charge in [-0.1, -0.05) is 84.2 Å². The minimum absolute atomic E-state index is 0.0580. The Balaban J connectivity index is 1.24. The summed E-state index contributed by atoms with van der Waals surface area (Å²) in [5.41, 5.74) is 2.84. The van der Waals surface area contributed by atoms with Gasteiger partial charge in [-0.25, -0.2) is 15.0 Å². The normalized spacial score (nSPS) is 18.3. The van der Waals surface area contributed by atoms with E-state index in [-0.39, 0.29) is 18.3 Å². The first-order chi connectivity index (χ1) is 26.2. The average Bonchev–Trinajstić information content (AvgIpc) is 3.83. The third-order valence-electron chi connectivity index (χ3n) is 9.41. The number of hydrogen-bond donors (Lipinski definition) is 1. The molecule has 0 bridgehead atoms. The molecule has 3 heterocycles. The van der Waals surface area contributed by atoms with Crippen molar-refractivity contribution in [2.24, 2.45) is 0 Å². The molecule has 14 heteroatoms. The van der Waals surface area contributed by atoms with Crippen LogP contribution in [0.1, 0.15) is 39.7 Å². The van der Waals surface area contributed by atoms with Crippen molar-refractivity contribution in [1.29, 1.82) is 0 Å². The Kier molecular flexibility index (Phi) is 11.1. The van der Waals surface area contributed by atoms with Gasteiger partial charge in [0.2, 0.25) is 0 Å². The van der Waals surface area contributed by atoms with Crippen molar-refractivity contribution in [3.05, 3.63) is 144 Å². The van der Waals surface area contributed by atoms with Crippen molar-refractivity contribution in [3.63, 3.8) is 0 Å². The summed E-state index contributed by atoms with van der Waals surface area (Å²) >= 11 is 1.18. The van der Waals surface area contributed by atoms with Crippen LogP contribution in [0.4, 0.5) is 5.82 Å². The number of carbonyl (C=O) groups is 1. The summed E-state index contributed by atoms with van der Waals surface area (Å²) in [6, 6.07) is 34.4. The van der Waals surface area contributed by atoms with E-state index in [9.17, 15) is 9.36 Å². The van der Waals surface area contributed by atoms with E-state index in [4.69, 9.17) is 23.5 Å². The predicted octanol–water partition coefficient (Wildman–Crippen LogP) is 7.96. The van der Waals surface area contributed by atoms with Crippen LogP contribution < -0.4 is 14.8 Å². The van der Waals surface area contributed by atoms with Gasteiger partial charge in [0.25, 0.3) is 12.5 Å². The topological polar surface area (TPSA) is 136 Å². The number of ether oxygens (including phenoxy) is 4. The van der Waals surface area contributed by atoms with E-state index >= 15 is 0 Å². The van der Waals surface area contributed by atoms with Gasteiger partial charge in [0.15, 0.2) is 17.0 Å². The number of nitrogens with one attached hydrogen (secondary N) is 1. The van der Waals surface area contributed by atoms with Gasteiger partial charge in [-0.3, -0.25) is 13.9 Å².